The number of unbranched alkanes of at least 4 members (excludes halogenated alkanes) is 17. The highest BCUT2D eigenvalue weighted by Gasteiger charge is 2.41. The molecule has 66 heavy (non-hydrogen) atoms. The summed E-state index contributed by atoms with van der Waals surface area (Å²) >= 11 is 0. The molecule has 0 heterocycles. The quantitative estimate of drug-likeness (QED) is 0.0130. The highest BCUT2D eigenvalue weighted by Crippen LogP contribution is 2.44. The minimum atomic E-state index is -4.91. The fraction of sp³-hybridized carbons (Fsp3) is 0.894. The highest BCUT2D eigenvalue weighted by atomic mass is 31.2. The van der Waals surface area contributed by atoms with Gasteiger partial charge < -0.3 is 44.6 Å². The normalized spacial score (nSPS) is 20.1. The first-order valence-electron chi connectivity index (χ1n) is 24.9. The number of aliphatic hydroxyl groups is 4. The van der Waals surface area contributed by atoms with Crippen LogP contribution in [-0.2, 0) is 46.6 Å². The number of Topliss-reactive ketones (excluding diaryl/α,β-unsaturated/α-hetero) is 1. The van der Waals surface area contributed by atoms with Crippen molar-refractivity contribution >= 4 is 33.4 Å². The van der Waals surface area contributed by atoms with E-state index in [9.17, 15) is 48.8 Å². The molecule has 0 aliphatic heterocycles. The predicted octanol–water partition coefficient (Wildman–Crippen LogP) is 8.71. The van der Waals surface area contributed by atoms with Crippen LogP contribution in [0.3, 0.4) is 0 Å². The third-order valence-electron chi connectivity index (χ3n) is 11.8. The number of carbonyl (C=O) groups excluding carboxylic acids is 3. The van der Waals surface area contributed by atoms with Crippen LogP contribution in [0.2, 0.25) is 0 Å². The van der Waals surface area contributed by atoms with Crippen LogP contribution < -0.4 is 0 Å². The molecule has 19 heteroatoms. The Labute approximate surface area is 395 Å². The maximum Gasteiger partial charge on any atom is 0.472 e. The number of hydrogen-bond acceptors (Lipinski definition) is 14. The summed E-state index contributed by atoms with van der Waals surface area (Å²) in [5.74, 6) is -1.62. The van der Waals surface area contributed by atoms with Gasteiger partial charge in [0.05, 0.1) is 38.1 Å². The van der Waals surface area contributed by atoms with Crippen LogP contribution in [0.4, 0.5) is 0 Å². The van der Waals surface area contributed by atoms with Crippen LogP contribution in [0.1, 0.15) is 194 Å². The molecule has 1 rings (SSSR count). The number of ketones is 1. The van der Waals surface area contributed by atoms with E-state index in [1.54, 1.807) is 12.2 Å². The molecule has 0 saturated heterocycles. The Balaban J connectivity index is 2.51. The number of hydrogen-bond donors (Lipinski definition) is 7. The lowest BCUT2D eigenvalue weighted by atomic mass is 9.87. The van der Waals surface area contributed by atoms with Crippen molar-refractivity contribution in [3.63, 3.8) is 0 Å². The maximum atomic E-state index is 12.9. The standard InChI is InChI=1S/C47H88O17P2/c1-4-5-19-25-38(48)29-30-42-43(45(52)32-44(42)51)31-39(49)26-22-23-27-46(53)60-35-41(36-63-66(58,59)62-34-40(50)33-61-65(55,56)57)64-47(54)28-21-18-16-14-12-10-8-6-7-9-11-13-15-17-20-24-37(2)3/h29-30,37-38,40-45,48,50-52H,4-28,31-36H2,1-3H3,(H,58,59)(H2,55,56,57)/b30-29+/t38-,40-,41+,42+,43+,44+,45-/m0/s1. The van der Waals surface area contributed by atoms with E-state index in [0.29, 0.717) is 19.3 Å². The fourth-order valence-electron chi connectivity index (χ4n) is 7.94. The van der Waals surface area contributed by atoms with Gasteiger partial charge >= 0.3 is 27.6 Å². The first kappa shape index (κ1) is 62.4. The average molecular weight is 987 g/mol. The minimum Gasteiger partial charge on any atom is -0.462 e. The second-order valence-electron chi connectivity index (χ2n) is 18.5. The van der Waals surface area contributed by atoms with Crippen molar-refractivity contribution in [2.75, 3.05) is 26.4 Å². The smallest absolute Gasteiger partial charge is 0.462 e. The summed E-state index contributed by atoms with van der Waals surface area (Å²) < 4.78 is 47.8. The molecule has 0 aromatic carbocycles. The van der Waals surface area contributed by atoms with E-state index in [4.69, 9.17) is 23.8 Å². The lowest BCUT2D eigenvalue weighted by Crippen LogP contribution is -2.30. The molecule has 1 aliphatic carbocycles. The molecule has 1 aliphatic rings. The Hall–Kier alpha value is -1.59. The van der Waals surface area contributed by atoms with E-state index >= 15 is 0 Å². The van der Waals surface area contributed by atoms with E-state index < -0.39 is 96.4 Å². The van der Waals surface area contributed by atoms with Gasteiger partial charge in [0.15, 0.2) is 6.10 Å². The highest BCUT2D eigenvalue weighted by molar-refractivity contribution is 7.47. The molecule has 0 aromatic rings. The zero-order valence-electron chi connectivity index (χ0n) is 40.3. The molecular weight excluding hydrogens is 898 g/mol. The summed E-state index contributed by atoms with van der Waals surface area (Å²) in [7, 11) is -9.81. The topological polar surface area (TPSA) is 273 Å². The predicted molar refractivity (Wildman–Crippen MR) is 251 cm³/mol. The molecule has 0 radical (unpaired) electrons. The number of ether oxygens (including phenoxy) is 2. The van der Waals surface area contributed by atoms with Crippen LogP contribution >= 0.6 is 15.6 Å². The van der Waals surface area contributed by atoms with E-state index in [1.165, 1.54) is 70.6 Å². The van der Waals surface area contributed by atoms with Gasteiger partial charge in [0.1, 0.15) is 18.5 Å². The summed E-state index contributed by atoms with van der Waals surface area (Å²) in [4.78, 5) is 66.0. The third-order valence-corrected chi connectivity index (χ3v) is 13.2. The first-order chi connectivity index (χ1) is 31.3. The largest absolute Gasteiger partial charge is 0.472 e. The van der Waals surface area contributed by atoms with Crippen molar-refractivity contribution in [1.82, 2.24) is 0 Å². The van der Waals surface area contributed by atoms with Gasteiger partial charge in [-0.15, -0.1) is 0 Å². The van der Waals surface area contributed by atoms with Gasteiger partial charge in [-0.2, -0.15) is 0 Å². The molecule has 0 spiro atoms. The summed E-state index contributed by atoms with van der Waals surface area (Å²) in [6, 6.07) is 0. The van der Waals surface area contributed by atoms with Crippen LogP contribution in [0.25, 0.3) is 0 Å². The molecule has 0 bridgehead atoms. The fourth-order valence-corrected chi connectivity index (χ4v) is 9.10. The van der Waals surface area contributed by atoms with Crippen LogP contribution in [0, 0.1) is 17.8 Å². The van der Waals surface area contributed by atoms with Gasteiger partial charge in [0, 0.05) is 43.9 Å². The zero-order chi connectivity index (χ0) is 49.2. The van der Waals surface area contributed by atoms with Crippen LogP contribution in [0.5, 0.6) is 0 Å². The molecule has 1 unspecified atom stereocenters. The molecular formula is C47H88O17P2. The molecule has 1 fully saturated rings. The Morgan fingerprint density at radius 3 is 1.70 bits per heavy atom. The van der Waals surface area contributed by atoms with Gasteiger partial charge in [0.2, 0.25) is 0 Å². The van der Waals surface area contributed by atoms with Gasteiger partial charge in [-0.1, -0.05) is 148 Å². The Bertz CT molecular complexity index is 1410. The number of carbonyl (C=O) groups is 3. The molecule has 0 amide bonds. The Kier molecular flexibility index (Phi) is 35.2. The number of esters is 2. The van der Waals surface area contributed by atoms with Crippen LogP contribution in [-0.4, -0.2) is 110 Å². The lowest BCUT2D eigenvalue weighted by Gasteiger charge is -2.21. The van der Waals surface area contributed by atoms with E-state index in [0.717, 1.165) is 50.9 Å². The minimum absolute atomic E-state index is 0.0361. The molecule has 0 aromatic heterocycles. The number of phosphoric ester groups is 2. The first-order valence-corrected chi connectivity index (χ1v) is 27.9. The SMILES string of the molecule is CCCCC[C@H](O)/C=C/[C@@H]1[C@@H](CC(=O)CCCCC(=O)OC[C@H](COP(=O)(O)OC[C@@H](O)COP(=O)(O)O)OC(=O)CCCCCCCCCCCCCCCCCC(C)C)[C@@H](O)C[C@H]1O. The van der Waals surface area contributed by atoms with Crippen molar-refractivity contribution < 1.29 is 81.7 Å². The summed E-state index contributed by atoms with van der Waals surface area (Å²) in [5.41, 5.74) is 0. The van der Waals surface area contributed by atoms with Crippen LogP contribution in [0.15, 0.2) is 12.2 Å². The third kappa shape index (κ3) is 34.7. The monoisotopic (exact) mass is 987 g/mol. The second-order valence-corrected chi connectivity index (χ2v) is 21.2. The number of phosphoric acid groups is 2. The zero-order valence-corrected chi connectivity index (χ0v) is 42.1. The van der Waals surface area contributed by atoms with E-state index in [2.05, 4.69) is 29.8 Å². The van der Waals surface area contributed by atoms with Gasteiger partial charge in [-0.05, 0) is 31.6 Å². The van der Waals surface area contributed by atoms with E-state index in [-0.39, 0.29) is 44.3 Å². The molecule has 7 N–H and O–H groups in total. The summed E-state index contributed by atoms with van der Waals surface area (Å²) in [6.45, 7) is 3.59. The second kappa shape index (κ2) is 37.3. The van der Waals surface area contributed by atoms with Crippen molar-refractivity contribution in [3.05, 3.63) is 12.2 Å². The molecule has 8 atom stereocenters. The van der Waals surface area contributed by atoms with Gasteiger partial charge in [0.25, 0.3) is 0 Å². The van der Waals surface area contributed by atoms with Crippen molar-refractivity contribution in [2.45, 2.75) is 225 Å². The summed E-state index contributed by atoms with van der Waals surface area (Å²) in [5, 5.41) is 41.1. The van der Waals surface area contributed by atoms with Gasteiger partial charge in [-0.25, -0.2) is 9.13 Å². The average Bonchev–Trinajstić information content (AvgIpc) is 3.51. The van der Waals surface area contributed by atoms with Crippen molar-refractivity contribution in [2.24, 2.45) is 17.8 Å². The van der Waals surface area contributed by atoms with Crippen molar-refractivity contribution in [1.29, 1.82) is 0 Å². The van der Waals surface area contributed by atoms with Gasteiger partial charge in [-0.3, -0.25) is 28.0 Å². The summed E-state index contributed by atoms with van der Waals surface area (Å²) in [6.07, 6.45) is 21.2. The number of aliphatic hydroxyl groups excluding tert-OH is 4. The maximum absolute atomic E-state index is 12.9. The Morgan fingerprint density at radius 1 is 0.621 bits per heavy atom. The number of rotatable bonds is 43. The van der Waals surface area contributed by atoms with Crippen molar-refractivity contribution in [3.8, 4) is 0 Å². The lowest BCUT2D eigenvalue weighted by molar-refractivity contribution is -0.161. The van der Waals surface area contributed by atoms with E-state index in [1.807, 2.05) is 0 Å². The molecule has 388 valence electrons. The molecule has 17 nitrogen and oxygen atoms in total. The molecule has 1 saturated carbocycles. The Morgan fingerprint density at radius 2 is 1.12 bits per heavy atom.